The van der Waals surface area contributed by atoms with Gasteiger partial charge in [-0.15, -0.1) is 0 Å². The van der Waals surface area contributed by atoms with Gasteiger partial charge in [0.25, 0.3) is 10.9 Å². The van der Waals surface area contributed by atoms with Crippen LogP contribution in [0.1, 0.15) is 5.76 Å². The molecule has 0 bridgehead atoms. The minimum atomic E-state index is -0.481. The van der Waals surface area contributed by atoms with Crippen LogP contribution < -0.4 is 21.5 Å². The molecule has 1 aromatic carbocycles. The van der Waals surface area contributed by atoms with Gasteiger partial charge in [0.1, 0.15) is 17.1 Å². The lowest BCUT2D eigenvalue weighted by atomic mass is 10.2. The number of anilines is 2. The molecule has 0 saturated heterocycles. The van der Waals surface area contributed by atoms with Crippen molar-refractivity contribution in [2.75, 3.05) is 17.7 Å². The van der Waals surface area contributed by atoms with Crippen molar-refractivity contribution in [1.29, 1.82) is 0 Å². The topological polar surface area (TPSA) is 71.3 Å². The largest absolute Gasteiger partial charge is 0.467 e. The van der Waals surface area contributed by atoms with E-state index in [-0.39, 0.29) is 0 Å². The summed E-state index contributed by atoms with van der Waals surface area (Å²) in [4.78, 5) is 22.2. The molecular formula is C10H10N2O3. The Bertz CT molecular complexity index is 521. The Labute approximate surface area is 85.4 Å². The Morgan fingerprint density at radius 3 is 2.60 bits per heavy atom. The van der Waals surface area contributed by atoms with Gasteiger partial charge in [-0.3, -0.25) is 9.59 Å². The smallest absolute Gasteiger partial charge is 0.253 e. The second-order valence-corrected chi connectivity index (χ2v) is 3.09. The number of hydrogen-bond acceptors (Lipinski definition) is 5. The van der Waals surface area contributed by atoms with Gasteiger partial charge in [0.2, 0.25) is 0 Å². The first kappa shape index (κ1) is 9.51. The summed E-state index contributed by atoms with van der Waals surface area (Å²) in [6.07, 6.45) is 1.55. The highest BCUT2D eigenvalue weighted by atomic mass is 16.3. The first-order valence-corrected chi connectivity index (χ1v) is 4.51. The molecular weight excluding hydrogens is 196 g/mol. The summed E-state index contributed by atoms with van der Waals surface area (Å²) < 4.78 is 5.08. The number of furan rings is 1. The van der Waals surface area contributed by atoms with Crippen LogP contribution in [0.15, 0.2) is 32.4 Å². The van der Waals surface area contributed by atoms with Gasteiger partial charge in [-0.2, -0.15) is 0 Å². The van der Waals surface area contributed by atoms with Crippen LogP contribution in [0, 0.1) is 0 Å². The van der Waals surface area contributed by atoms with E-state index in [0.29, 0.717) is 23.7 Å². The van der Waals surface area contributed by atoms with Crippen LogP contribution in [0.3, 0.4) is 0 Å². The highest BCUT2D eigenvalue weighted by Crippen LogP contribution is 2.14. The lowest BCUT2D eigenvalue weighted by Crippen LogP contribution is -2.36. The predicted molar refractivity (Wildman–Crippen MR) is 56.9 cm³/mol. The van der Waals surface area contributed by atoms with E-state index in [9.17, 15) is 9.59 Å². The first-order valence-electron chi connectivity index (χ1n) is 4.51. The molecule has 2 aromatic rings. The zero-order valence-electron chi connectivity index (χ0n) is 8.16. The fourth-order valence-corrected chi connectivity index (χ4v) is 1.39. The molecule has 0 fully saturated rings. The van der Waals surface area contributed by atoms with E-state index in [1.54, 1.807) is 25.4 Å². The molecule has 15 heavy (non-hydrogen) atoms. The molecule has 2 rings (SSSR count). The van der Waals surface area contributed by atoms with Crippen LogP contribution in [-0.4, -0.2) is 7.05 Å². The van der Waals surface area contributed by atoms with Crippen LogP contribution in [0.25, 0.3) is 0 Å². The lowest BCUT2D eigenvalue weighted by molar-refractivity contribution is 0.518. The molecule has 78 valence electrons. The maximum absolute atomic E-state index is 11.1. The lowest BCUT2D eigenvalue weighted by Gasteiger charge is -2.11. The van der Waals surface area contributed by atoms with Crippen molar-refractivity contribution in [2.45, 2.75) is 6.54 Å². The van der Waals surface area contributed by atoms with E-state index in [4.69, 9.17) is 4.42 Å². The second kappa shape index (κ2) is 3.61. The van der Waals surface area contributed by atoms with Crippen molar-refractivity contribution in [3.05, 3.63) is 44.6 Å². The van der Waals surface area contributed by atoms with Gasteiger partial charge < -0.3 is 15.1 Å². The third-order valence-corrected chi connectivity index (χ3v) is 2.18. The molecule has 2 N–H and O–H groups in total. The SMILES string of the molecule is CNc1c(NCc2ccco2)c(=O)c1=O. The third kappa shape index (κ3) is 1.52. The van der Waals surface area contributed by atoms with E-state index >= 15 is 0 Å². The normalized spacial score (nSPS) is 10.5. The molecule has 0 unspecified atom stereocenters. The molecule has 5 nitrogen and oxygen atoms in total. The average molecular weight is 206 g/mol. The quantitative estimate of drug-likeness (QED) is 0.714. The van der Waals surface area contributed by atoms with Gasteiger partial charge in [-0.05, 0) is 12.1 Å². The second-order valence-electron chi connectivity index (χ2n) is 3.09. The van der Waals surface area contributed by atoms with E-state index < -0.39 is 10.9 Å². The molecule has 0 aliphatic carbocycles. The number of nitrogens with one attached hydrogen (secondary N) is 2. The Balaban J connectivity index is 2.09. The molecule has 0 radical (unpaired) electrons. The Kier molecular flexibility index (Phi) is 2.29. The van der Waals surface area contributed by atoms with Gasteiger partial charge in [0.05, 0.1) is 12.8 Å². The standard InChI is InChI=1S/C10H10N2O3/c1-11-7-8(10(14)9(7)13)12-5-6-3-2-4-15-6/h2-4,11-12H,5H2,1H3. The minimum absolute atomic E-state index is 0.332. The monoisotopic (exact) mass is 206 g/mol. The molecule has 1 heterocycles. The zero-order chi connectivity index (χ0) is 10.8. The summed E-state index contributed by atoms with van der Waals surface area (Å²) in [6.45, 7) is 0.395. The maximum Gasteiger partial charge on any atom is 0.253 e. The number of rotatable bonds is 4. The zero-order valence-corrected chi connectivity index (χ0v) is 8.16. The summed E-state index contributed by atoms with van der Waals surface area (Å²) in [5, 5.41) is 5.53. The highest BCUT2D eigenvalue weighted by molar-refractivity contribution is 5.73. The molecule has 0 aliphatic heterocycles. The van der Waals surface area contributed by atoms with Crippen LogP contribution >= 0.6 is 0 Å². The fourth-order valence-electron chi connectivity index (χ4n) is 1.39. The van der Waals surface area contributed by atoms with Crippen LogP contribution in [0.4, 0.5) is 11.4 Å². The number of hydrogen-bond donors (Lipinski definition) is 2. The molecule has 0 atom stereocenters. The van der Waals surface area contributed by atoms with Crippen molar-refractivity contribution in [3.63, 3.8) is 0 Å². The van der Waals surface area contributed by atoms with Crippen molar-refractivity contribution < 1.29 is 4.42 Å². The average Bonchev–Trinajstić information content (AvgIpc) is 2.75. The van der Waals surface area contributed by atoms with Gasteiger partial charge in [0.15, 0.2) is 0 Å². The fraction of sp³-hybridized carbons (Fsp3) is 0.200. The van der Waals surface area contributed by atoms with Gasteiger partial charge in [-0.25, -0.2) is 0 Å². The van der Waals surface area contributed by atoms with Crippen LogP contribution in [-0.2, 0) is 6.54 Å². The summed E-state index contributed by atoms with van der Waals surface area (Å²) in [7, 11) is 1.61. The van der Waals surface area contributed by atoms with Gasteiger partial charge in [0, 0.05) is 7.05 Å². The van der Waals surface area contributed by atoms with Crippen molar-refractivity contribution in [1.82, 2.24) is 0 Å². The van der Waals surface area contributed by atoms with Crippen molar-refractivity contribution in [3.8, 4) is 0 Å². The summed E-state index contributed by atoms with van der Waals surface area (Å²) in [5.41, 5.74) is -0.282. The van der Waals surface area contributed by atoms with Crippen molar-refractivity contribution in [2.24, 2.45) is 0 Å². The van der Waals surface area contributed by atoms with E-state index in [1.807, 2.05) is 0 Å². The van der Waals surface area contributed by atoms with Crippen molar-refractivity contribution >= 4 is 11.4 Å². The molecule has 5 heteroatoms. The summed E-state index contributed by atoms with van der Waals surface area (Å²) in [6, 6.07) is 3.55. The van der Waals surface area contributed by atoms with E-state index in [2.05, 4.69) is 10.6 Å². The Morgan fingerprint density at radius 2 is 2.00 bits per heavy atom. The minimum Gasteiger partial charge on any atom is -0.467 e. The third-order valence-electron chi connectivity index (χ3n) is 2.18. The Hall–Kier alpha value is -2.04. The molecule has 0 saturated carbocycles. The summed E-state index contributed by atoms with van der Waals surface area (Å²) >= 11 is 0. The molecule has 0 amide bonds. The van der Waals surface area contributed by atoms with Crippen LogP contribution in [0.5, 0.6) is 0 Å². The van der Waals surface area contributed by atoms with Gasteiger partial charge >= 0.3 is 0 Å². The highest BCUT2D eigenvalue weighted by Gasteiger charge is 2.19. The van der Waals surface area contributed by atoms with E-state index in [0.717, 1.165) is 0 Å². The Morgan fingerprint density at radius 1 is 1.27 bits per heavy atom. The predicted octanol–water partition coefficient (Wildman–Crippen LogP) is 0.529. The summed E-state index contributed by atoms with van der Waals surface area (Å²) in [5.74, 6) is 0.713. The molecule has 0 aliphatic rings. The maximum atomic E-state index is 11.1. The van der Waals surface area contributed by atoms with Gasteiger partial charge in [-0.1, -0.05) is 0 Å². The molecule has 0 spiro atoms. The first-order chi connectivity index (χ1) is 7.24. The molecule has 1 aromatic heterocycles. The van der Waals surface area contributed by atoms with Crippen LogP contribution in [0.2, 0.25) is 0 Å². The van der Waals surface area contributed by atoms with E-state index in [1.165, 1.54) is 0 Å².